The van der Waals surface area contributed by atoms with E-state index < -0.39 is 41.6 Å². The molecule has 0 aromatic carbocycles. The number of esters is 1. The van der Waals surface area contributed by atoms with Gasteiger partial charge in [-0.15, -0.1) is 11.3 Å². The number of aromatic nitrogens is 1. The summed E-state index contributed by atoms with van der Waals surface area (Å²) < 4.78 is 4.82. The van der Waals surface area contributed by atoms with Gasteiger partial charge in [-0.3, -0.25) is 19.2 Å². The van der Waals surface area contributed by atoms with Crippen LogP contribution < -0.4 is 45.7 Å². The molecule has 15 heteroatoms. The van der Waals surface area contributed by atoms with Crippen LogP contribution in [0.3, 0.4) is 0 Å². The molecule has 3 atom stereocenters. The average Bonchev–Trinajstić information content (AvgIpc) is 3.34. The smallest absolute Gasteiger partial charge is 0.544 e. The molecule has 2 fully saturated rings. The summed E-state index contributed by atoms with van der Waals surface area (Å²) in [4.78, 5) is 62.4. The number of carbonyl (C=O) groups is 4. The first-order valence-corrected chi connectivity index (χ1v) is 9.15. The summed E-state index contributed by atoms with van der Waals surface area (Å²) in [5.74, 6) is -4.39. The maximum Gasteiger partial charge on any atom is 1.00 e. The molecule has 0 aliphatic carbocycles. The number of anilines is 1. The number of aliphatic carboxylic acids is 1. The van der Waals surface area contributed by atoms with E-state index in [2.05, 4.69) is 20.3 Å². The van der Waals surface area contributed by atoms with Crippen molar-refractivity contribution in [2.45, 2.75) is 37.6 Å². The zero-order valence-electron chi connectivity index (χ0n) is 16.2. The van der Waals surface area contributed by atoms with Crippen LogP contribution >= 0.6 is 11.3 Å². The summed E-state index contributed by atoms with van der Waals surface area (Å²) in [6.07, 6.45) is -1.56. The minimum atomic E-state index is -2.39. The van der Waals surface area contributed by atoms with E-state index in [0.717, 1.165) is 11.3 Å². The molecule has 0 saturated carbocycles. The van der Waals surface area contributed by atoms with Crippen molar-refractivity contribution in [3.8, 4) is 0 Å². The number of nitrogens with two attached hydrogens (primary N) is 1. The summed E-state index contributed by atoms with van der Waals surface area (Å²) in [5.41, 5.74) is 3.04. The van der Waals surface area contributed by atoms with Crippen LogP contribution in [0, 0.1) is 0 Å². The van der Waals surface area contributed by atoms with Crippen molar-refractivity contribution in [1.82, 2.24) is 15.4 Å². The predicted octanol–water partition coefficient (Wildman–Crippen LogP) is -5.49. The third kappa shape index (κ3) is 4.27. The Hall–Kier alpha value is -2.26. The Balaban J connectivity index is 0.00000320. The number of hydroxylamine groups is 2. The largest absolute Gasteiger partial charge is 1.00 e. The molecule has 0 bridgehead atoms. The molecule has 0 spiro atoms. The van der Waals surface area contributed by atoms with Crippen molar-refractivity contribution in [2.75, 3.05) is 12.8 Å². The number of oxime groups is 1. The molecular formula is C15H16N5NaO8S. The van der Waals surface area contributed by atoms with Crippen LogP contribution in [0.4, 0.5) is 5.13 Å². The van der Waals surface area contributed by atoms with Gasteiger partial charge in [0.05, 0.1) is 6.42 Å². The fraction of sp³-hybridized carbons (Fsp3) is 0.467. The van der Waals surface area contributed by atoms with Gasteiger partial charge in [0.2, 0.25) is 0 Å². The first kappa shape index (κ1) is 24.0. The van der Waals surface area contributed by atoms with E-state index in [1.165, 1.54) is 19.4 Å². The molecule has 1 aromatic rings. The molecule has 30 heavy (non-hydrogen) atoms. The van der Waals surface area contributed by atoms with Crippen LogP contribution in [0.15, 0.2) is 10.5 Å². The van der Waals surface area contributed by atoms with Gasteiger partial charge in [-0.05, 0) is 6.92 Å². The zero-order valence-corrected chi connectivity index (χ0v) is 19.1. The minimum Gasteiger partial charge on any atom is -0.544 e. The van der Waals surface area contributed by atoms with Crippen molar-refractivity contribution < 1.29 is 68.3 Å². The molecule has 2 aliphatic rings. The summed E-state index contributed by atoms with van der Waals surface area (Å²) in [7, 11) is 1.22. The first-order chi connectivity index (χ1) is 13.7. The van der Waals surface area contributed by atoms with Gasteiger partial charge in [0.25, 0.3) is 17.5 Å². The molecule has 156 valence electrons. The minimum absolute atomic E-state index is 0. The molecule has 13 nitrogen and oxygen atoms in total. The van der Waals surface area contributed by atoms with Gasteiger partial charge < -0.3 is 30.5 Å². The first-order valence-electron chi connectivity index (χ1n) is 8.27. The van der Waals surface area contributed by atoms with Crippen LogP contribution in [-0.4, -0.2) is 64.5 Å². The molecule has 2 amide bonds. The van der Waals surface area contributed by atoms with Crippen LogP contribution in [0.1, 0.15) is 25.5 Å². The molecule has 0 radical (unpaired) electrons. The molecule has 3 heterocycles. The molecule has 1 aromatic heterocycles. The van der Waals surface area contributed by atoms with E-state index in [1.807, 2.05) is 0 Å². The molecule has 2 aliphatic heterocycles. The van der Waals surface area contributed by atoms with Crippen molar-refractivity contribution in [1.29, 1.82) is 0 Å². The van der Waals surface area contributed by atoms with Crippen molar-refractivity contribution in [3.05, 3.63) is 11.1 Å². The third-order valence-electron chi connectivity index (χ3n) is 4.25. The number of cyclic esters (lactones) is 1. The summed E-state index contributed by atoms with van der Waals surface area (Å²) in [5, 5.41) is 19.7. The monoisotopic (exact) mass is 449 g/mol. The normalized spacial score (nSPS) is 26.2. The number of hydrogen-bond donors (Lipinski definition) is 2. The standard InChI is InChI=1S/C15H17N5O8S.Na/c1-6-9(18-11(22)10(19-26-2)7-5-29-14(16)17-7)12(23)20(28-6)15(13(24)25)4-3-8(21)27-15;/h5-6,9H,3-4H2,1-2H3,(H2,16,17)(H,18,22)(H,24,25);/q;+1/p-1/b19-10-;/t6-,9+,15?;/m1./s1. The Bertz CT molecular complexity index is 907. The Kier molecular flexibility index (Phi) is 7.41. The van der Waals surface area contributed by atoms with E-state index in [0.29, 0.717) is 5.06 Å². The predicted molar refractivity (Wildman–Crippen MR) is 92.5 cm³/mol. The van der Waals surface area contributed by atoms with Gasteiger partial charge in [-0.2, -0.15) is 5.06 Å². The zero-order chi connectivity index (χ0) is 21.3. The number of ether oxygens (including phenoxy) is 1. The number of thiazole rings is 1. The molecular weight excluding hydrogens is 433 g/mol. The topological polar surface area (TPSA) is 186 Å². The number of hydrogen-bond acceptors (Lipinski definition) is 12. The van der Waals surface area contributed by atoms with Gasteiger partial charge in [0.1, 0.15) is 30.9 Å². The summed E-state index contributed by atoms with van der Waals surface area (Å²) >= 11 is 1.07. The molecule has 2 saturated heterocycles. The summed E-state index contributed by atoms with van der Waals surface area (Å²) in [6, 6.07) is -1.30. The molecule has 3 rings (SSSR count). The molecule has 1 unspecified atom stereocenters. The Morgan fingerprint density at radius 3 is 2.70 bits per heavy atom. The van der Waals surface area contributed by atoms with E-state index >= 15 is 0 Å². The van der Waals surface area contributed by atoms with E-state index in [9.17, 15) is 24.3 Å². The van der Waals surface area contributed by atoms with Crippen molar-refractivity contribution >= 4 is 45.9 Å². The molecule has 3 N–H and O–H groups in total. The van der Waals surface area contributed by atoms with Crippen molar-refractivity contribution in [2.24, 2.45) is 5.16 Å². The number of amides is 2. The number of nitrogens with zero attached hydrogens (tertiary/aromatic N) is 3. The Morgan fingerprint density at radius 2 is 2.20 bits per heavy atom. The quantitative estimate of drug-likeness (QED) is 0.184. The SMILES string of the molecule is CO/N=C(\C(=O)N[C@@H]1C(=O)N(C2(C(=O)[O-])CCC(=O)O2)O[C@@H]1C)c1csc(N)n1.[Na+]. The van der Waals surface area contributed by atoms with Crippen LogP contribution in [0.25, 0.3) is 0 Å². The van der Waals surface area contributed by atoms with Gasteiger partial charge in [-0.1, -0.05) is 5.16 Å². The van der Waals surface area contributed by atoms with Gasteiger partial charge >= 0.3 is 35.5 Å². The van der Waals surface area contributed by atoms with E-state index in [1.54, 1.807) is 0 Å². The second-order valence-electron chi connectivity index (χ2n) is 6.13. The Morgan fingerprint density at radius 1 is 1.50 bits per heavy atom. The second kappa shape index (κ2) is 9.26. The number of carboxylic acids is 1. The summed E-state index contributed by atoms with van der Waals surface area (Å²) in [6.45, 7) is 1.43. The number of nitrogen functional groups attached to an aromatic ring is 1. The van der Waals surface area contributed by atoms with Gasteiger partial charge in [0.15, 0.2) is 10.8 Å². The van der Waals surface area contributed by atoms with Gasteiger partial charge in [-0.25, -0.2) is 4.98 Å². The fourth-order valence-electron chi connectivity index (χ4n) is 2.88. The van der Waals surface area contributed by atoms with Crippen LogP contribution in [-0.2, 0) is 33.6 Å². The van der Waals surface area contributed by atoms with Crippen LogP contribution in [0.2, 0.25) is 0 Å². The second-order valence-corrected chi connectivity index (χ2v) is 7.02. The number of rotatable bonds is 6. The maximum atomic E-state index is 12.8. The number of carbonyl (C=O) groups excluding carboxylic acids is 4. The number of nitrogens with one attached hydrogen (secondary N) is 1. The average molecular weight is 449 g/mol. The van der Waals surface area contributed by atoms with Crippen molar-refractivity contribution in [3.63, 3.8) is 0 Å². The maximum absolute atomic E-state index is 12.8. The Labute approximate surface area is 195 Å². The van der Waals surface area contributed by atoms with Gasteiger partial charge in [0, 0.05) is 11.8 Å². The number of carboxylic acid groups (broad SMARTS) is 1. The van der Waals surface area contributed by atoms with Crippen LogP contribution in [0.5, 0.6) is 0 Å². The van der Waals surface area contributed by atoms with E-state index in [4.69, 9.17) is 15.3 Å². The third-order valence-corrected chi connectivity index (χ3v) is 4.93. The van der Waals surface area contributed by atoms with E-state index in [-0.39, 0.29) is 58.9 Å². The fourth-order valence-corrected chi connectivity index (χ4v) is 3.43.